The van der Waals surface area contributed by atoms with Crippen molar-refractivity contribution in [2.75, 3.05) is 6.54 Å². The number of hydrogen-bond acceptors (Lipinski definition) is 8. The highest BCUT2D eigenvalue weighted by Crippen LogP contribution is 2.29. The van der Waals surface area contributed by atoms with Crippen LogP contribution in [0.25, 0.3) is 0 Å². The van der Waals surface area contributed by atoms with Gasteiger partial charge in [0.25, 0.3) is 5.91 Å². The number of carboxylic acids is 1. The van der Waals surface area contributed by atoms with Gasteiger partial charge in [-0.1, -0.05) is 76.8 Å². The minimum absolute atomic E-state index is 0.0377. The van der Waals surface area contributed by atoms with E-state index in [1.807, 2.05) is 13.8 Å². The highest BCUT2D eigenvalue weighted by molar-refractivity contribution is 6.38. The Kier molecular flexibility index (Phi) is 16.0. The SMILES string of the molecule is CCCC(NC(=O)[C@H](CC(C)C)NC(=O)[C@@H](NC(=O)C1=C(C(=O)O)CCC1)C1CCCCC1)C(=O)C(=O)NCC(=O)NC(C(N)=O)c1ccccc1. The predicted octanol–water partition coefficient (Wildman–Crippen LogP) is 1.46. The number of nitrogens with one attached hydrogen (secondary N) is 5. The summed E-state index contributed by atoms with van der Waals surface area (Å²) >= 11 is 0. The minimum Gasteiger partial charge on any atom is -0.478 e. The molecule has 2 unspecified atom stereocenters. The van der Waals surface area contributed by atoms with Crippen LogP contribution in [-0.4, -0.2) is 77.0 Å². The number of benzene rings is 1. The molecule has 284 valence electrons. The fourth-order valence-electron chi connectivity index (χ4n) is 6.70. The van der Waals surface area contributed by atoms with Crippen molar-refractivity contribution in [1.29, 1.82) is 0 Å². The van der Waals surface area contributed by atoms with Crippen LogP contribution < -0.4 is 32.3 Å². The molecule has 1 aromatic carbocycles. The van der Waals surface area contributed by atoms with Crippen molar-refractivity contribution in [2.45, 2.75) is 116 Å². The summed E-state index contributed by atoms with van der Waals surface area (Å²) in [6.45, 7) is 4.81. The Balaban J connectivity index is 1.70. The summed E-state index contributed by atoms with van der Waals surface area (Å²) in [5.74, 6) is -7.09. The summed E-state index contributed by atoms with van der Waals surface area (Å²) in [5, 5.41) is 22.4. The molecule has 0 aliphatic heterocycles. The van der Waals surface area contributed by atoms with E-state index < -0.39 is 77.9 Å². The highest BCUT2D eigenvalue weighted by atomic mass is 16.4. The van der Waals surface area contributed by atoms with Gasteiger partial charge in [0.1, 0.15) is 18.1 Å². The lowest BCUT2D eigenvalue weighted by atomic mass is 9.83. The second kappa shape index (κ2) is 20.1. The molecule has 1 fully saturated rings. The van der Waals surface area contributed by atoms with E-state index in [0.29, 0.717) is 31.2 Å². The van der Waals surface area contributed by atoms with Crippen molar-refractivity contribution < 1.29 is 43.5 Å². The van der Waals surface area contributed by atoms with E-state index in [9.17, 15) is 43.5 Å². The van der Waals surface area contributed by atoms with Crippen molar-refractivity contribution in [2.24, 2.45) is 17.6 Å². The summed E-state index contributed by atoms with van der Waals surface area (Å²) < 4.78 is 0. The van der Waals surface area contributed by atoms with Gasteiger partial charge in [-0.25, -0.2) is 4.79 Å². The molecule has 1 saturated carbocycles. The van der Waals surface area contributed by atoms with E-state index in [-0.39, 0.29) is 48.7 Å². The van der Waals surface area contributed by atoms with Gasteiger partial charge in [0.2, 0.25) is 35.3 Å². The Morgan fingerprint density at radius 3 is 2.04 bits per heavy atom. The quantitative estimate of drug-likeness (QED) is 0.102. The summed E-state index contributed by atoms with van der Waals surface area (Å²) in [7, 11) is 0. The van der Waals surface area contributed by atoms with E-state index in [4.69, 9.17) is 5.73 Å². The van der Waals surface area contributed by atoms with Crippen molar-refractivity contribution >= 4 is 47.2 Å². The predicted molar refractivity (Wildman–Crippen MR) is 190 cm³/mol. The van der Waals surface area contributed by atoms with Gasteiger partial charge < -0.3 is 37.4 Å². The first kappa shape index (κ1) is 41.3. The number of carboxylic acid groups (broad SMARTS) is 1. The zero-order valence-corrected chi connectivity index (χ0v) is 30.1. The Labute approximate surface area is 303 Å². The van der Waals surface area contributed by atoms with Gasteiger partial charge in [-0.3, -0.25) is 33.6 Å². The van der Waals surface area contributed by atoms with Crippen LogP contribution in [0.4, 0.5) is 0 Å². The molecular formula is C37H52N6O9. The van der Waals surface area contributed by atoms with Crippen LogP contribution in [0.3, 0.4) is 0 Å². The molecule has 1 aromatic rings. The van der Waals surface area contributed by atoms with Crippen molar-refractivity contribution in [3.05, 3.63) is 47.0 Å². The van der Waals surface area contributed by atoms with Crippen molar-refractivity contribution in [1.82, 2.24) is 26.6 Å². The number of Topliss-reactive ketones (excluding diaryl/α,β-unsaturated/α-hetero) is 1. The first-order chi connectivity index (χ1) is 24.7. The van der Waals surface area contributed by atoms with E-state index in [1.165, 1.54) is 0 Å². The molecule has 0 saturated heterocycles. The van der Waals surface area contributed by atoms with Crippen LogP contribution in [-0.2, 0) is 38.4 Å². The molecule has 6 amide bonds. The average Bonchev–Trinajstić information content (AvgIpc) is 3.62. The van der Waals surface area contributed by atoms with Gasteiger partial charge in [0, 0.05) is 11.1 Å². The van der Waals surface area contributed by atoms with Crippen molar-refractivity contribution in [3.63, 3.8) is 0 Å². The van der Waals surface area contributed by atoms with Gasteiger partial charge in [-0.2, -0.15) is 0 Å². The number of carbonyl (C=O) groups excluding carboxylic acids is 7. The van der Waals surface area contributed by atoms with Gasteiger partial charge >= 0.3 is 5.97 Å². The Hall–Kier alpha value is -5.08. The van der Waals surface area contributed by atoms with E-state index in [2.05, 4.69) is 26.6 Å². The summed E-state index contributed by atoms with van der Waals surface area (Å²) in [6, 6.07) is 3.68. The molecule has 8 N–H and O–H groups in total. The number of amides is 6. The first-order valence-electron chi connectivity index (χ1n) is 18.1. The molecule has 3 rings (SSSR count). The molecule has 4 atom stereocenters. The molecule has 2 aliphatic rings. The van der Waals surface area contributed by atoms with Gasteiger partial charge in [0.15, 0.2) is 0 Å². The third kappa shape index (κ3) is 12.0. The van der Waals surface area contributed by atoms with E-state index in [1.54, 1.807) is 37.3 Å². The lowest BCUT2D eigenvalue weighted by Crippen LogP contribution is -2.58. The van der Waals surface area contributed by atoms with Crippen LogP contribution in [0, 0.1) is 11.8 Å². The summed E-state index contributed by atoms with van der Waals surface area (Å²) in [4.78, 5) is 103. The smallest absolute Gasteiger partial charge is 0.332 e. The fourth-order valence-corrected chi connectivity index (χ4v) is 6.70. The maximum atomic E-state index is 13.9. The number of primary amides is 1. The average molecular weight is 725 g/mol. The van der Waals surface area contributed by atoms with Crippen LogP contribution >= 0.6 is 0 Å². The summed E-state index contributed by atoms with van der Waals surface area (Å²) in [6.07, 6.45) is 5.78. The number of carbonyl (C=O) groups is 8. The minimum atomic E-state index is -1.27. The number of rotatable bonds is 19. The third-order valence-electron chi connectivity index (χ3n) is 9.35. The van der Waals surface area contributed by atoms with Gasteiger partial charge in [-0.15, -0.1) is 0 Å². The zero-order valence-electron chi connectivity index (χ0n) is 30.1. The molecule has 0 spiro atoms. The lowest BCUT2D eigenvalue weighted by Gasteiger charge is -2.32. The van der Waals surface area contributed by atoms with Gasteiger partial charge in [0.05, 0.1) is 12.6 Å². The molecule has 0 heterocycles. The number of ketones is 1. The monoisotopic (exact) mass is 724 g/mol. The van der Waals surface area contributed by atoms with Crippen LogP contribution in [0.1, 0.15) is 103 Å². The number of aliphatic carboxylic acids is 1. The third-order valence-corrected chi connectivity index (χ3v) is 9.35. The molecule has 15 nitrogen and oxygen atoms in total. The molecule has 0 bridgehead atoms. The molecular weight excluding hydrogens is 672 g/mol. The van der Waals surface area contributed by atoms with Crippen LogP contribution in [0.2, 0.25) is 0 Å². The fraction of sp³-hybridized carbons (Fsp3) is 0.568. The normalized spacial score (nSPS) is 16.9. The Bertz CT molecular complexity index is 1520. The zero-order chi connectivity index (χ0) is 38.4. The maximum Gasteiger partial charge on any atom is 0.332 e. The Morgan fingerprint density at radius 1 is 0.808 bits per heavy atom. The second-order valence-corrected chi connectivity index (χ2v) is 13.9. The molecule has 52 heavy (non-hydrogen) atoms. The lowest BCUT2D eigenvalue weighted by molar-refractivity contribution is -0.141. The topological polar surface area (TPSA) is 243 Å². The number of nitrogens with two attached hydrogens (primary N) is 1. The molecule has 2 aliphatic carbocycles. The second-order valence-electron chi connectivity index (χ2n) is 13.9. The van der Waals surface area contributed by atoms with E-state index in [0.717, 1.165) is 19.3 Å². The molecule has 0 aromatic heterocycles. The number of hydrogen-bond donors (Lipinski definition) is 7. The molecule has 0 radical (unpaired) electrons. The van der Waals surface area contributed by atoms with Gasteiger partial charge in [-0.05, 0) is 62.3 Å². The van der Waals surface area contributed by atoms with Crippen LogP contribution in [0.15, 0.2) is 41.5 Å². The largest absolute Gasteiger partial charge is 0.478 e. The Morgan fingerprint density at radius 2 is 1.44 bits per heavy atom. The maximum absolute atomic E-state index is 13.9. The van der Waals surface area contributed by atoms with Crippen molar-refractivity contribution in [3.8, 4) is 0 Å². The summed E-state index contributed by atoms with van der Waals surface area (Å²) in [5.41, 5.74) is 6.06. The van der Waals surface area contributed by atoms with E-state index >= 15 is 0 Å². The highest BCUT2D eigenvalue weighted by Gasteiger charge is 2.37. The van der Waals surface area contributed by atoms with Crippen LogP contribution in [0.5, 0.6) is 0 Å². The standard InChI is InChI=1S/C37H52N6O9/c1-4-12-26(31(45)36(50)39-20-28(44)42-29(32(38)46)22-13-7-5-8-14-22)40-34(48)27(19-21(2)3)41-35(49)30(23-15-9-6-10-16-23)43-33(47)24-17-11-18-25(24)37(51)52/h5,7-8,13-14,21,23,26-27,29-30H,4,6,9-12,15-20H2,1-3H3,(H2,38,46)(H,39,50)(H,40,48)(H,41,49)(H,42,44)(H,43,47)(H,51,52)/t26?,27-,29?,30-/m0/s1. The first-order valence-corrected chi connectivity index (χ1v) is 18.1. The molecule has 15 heteroatoms.